The number of hydrogen-bond donors (Lipinski definition) is 12. The summed E-state index contributed by atoms with van der Waals surface area (Å²) in [6.07, 6.45) is 9.60. The van der Waals surface area contributed by atoms with Crippen molar-refractivity contribution in [2.45, 2.75) is 177 Å². The minimum absolute atomic E-state index is 0. The van der Waals surface area contributed by atoms with Gasteiger partial charge in [0.05, 0.1) is 24.0 Å². The summed E-state index contributed by atoms with van der Waals surface area (Å²) in [5, 5.41) is 85.6. The molecule has 296 valence electrons. The molecule has 0 aromatic heterocycles. The summed E-state index contributed by atoms with van der Waals surface area (Å²) in [5.41, 5.74) is 0. The van der Waals surface area contributed by atoms with E-state index in [0.29, 0.717) is 0 Å². The number of carboxylic acid groups (broad SMARTS) is 4. The normalized spacial score (nSPS) is 31.1. The molecule has 20 nitrogen and oxygen atoms in total. The van der Waals surface area contributed by atoms with Crippen LogP contribution in [-0.4, -0.2) is 97.9 Å². The molecule has 3 aliphatic carbocycles. The Kier molecular flexibility index (Phi) is 26.5. The van der Waals surface area contributed by atoms with Crippen molar-refractivity contribution in [3.8, 4) is 0 Å². The molecule has 5 fully saturated rings. The van der Waals surface area contributed by atoms with E-state index in [1.54, 1.807) is 0 Å². The summed E-state index contributed by atoms with van der Waals surface area (Å²) >= 11 is 0. The van der Waals surface area contributed by atoms with E-state index >= 15 is 0 Å². The number of carboxylic acids is 4. The van der Waals surface area contributed by atoms with Gasteiger partial charge in [0.2, 0.25) is 0 Å². The van der Waals surface area contributed by atoms with Crippen LogP contribution in [0.2, 0.25) is 0 Å². The molecule has 0 aromatic rings. The maximum absolute atomic E-state index is 11.7. The second kappa shape index (κ2) is 27.6. The van der Waals surface area contributed by atoms with Gasteiger partial charge in [-0.3, -0.25) is 63.8 Å². The van der Waals surface area contributed by atoms with E-state index in [1.807, 2.05) is 0 Å². The number of hydrogen-bond acceptors (Lipinski definition) is 20. The van der Waals surface area contributed by atoms with E-state index in [1.165, 1.54) is 12.8 Å². The minimum atomic E-state index is -1.54. The number of carbonyl (C=O) groups is 4. The van der Waals surface area contributed by atoms with E-state index in [2.05, 4.69) is 63.8 Å². The van der Waals surface area contributed by atoms with Crippen LogP contribution in [0.4, 0.5) is 0 Å². The molecular weight excluding hydrogens is 708 g/mol. The third-order valence-electron chi connectivity index (χ3n) is 10.6. The molecular formula is C32H56Li4N12O8. The molecule has 0 aromatic carbocycles. The monoisotopic (exact) mass is 764 g/mol. The summed E-state index contributed by atoms with van der Waals surface area (Å²) in [4.78, 5) is 45.7. The van der Waals surface area contributed by atoms with Crippen molar-refractivity contribution in [2.24, 2.45) is 0 Å². The molecule has 24 heteroatoms. The summed E-state index contributed by atoms with van der Waals surface area (Å²) in [7, 11) is 0. The second-order valence-electron chi connectivity index (χ2n) is 14.7. The van der Waals surface area contributed by atoms with Crippen LogP contribution in [0.5, 0.6) is 0 Å². The fourth-order valence-electron chi connectivity index (χ4n) is 7.93. The van der Waals surface area contributed by atoms with Crippen molar-refractivity contribution >= 4 is 23.9 Å². The molecule has 2 saturated heterocycles. The minimum Gasteiger partial charge on any atom is -0.550 e. The first-order valence-corrected chi connectivity index (χ1v) is 18.9. The van der Waals surface area contributed by atoms with Gasteiger partial charge in [-0.25, -0.2) is 0 Å². The third-order valence-corrected chi connectivity index (χ3v) is 10.6. The standard InChI is InChI=1S/C32H60N12O8.4Li/c45-23(46)15-21(25(49)50)37-31-41-27(33-17-7-3-1-4-8-17)39-29(43-31)35-19-11-13-20(14-12-19)36-30-40-28(34-18-9-5-2-6-10-18)42-32(44-30)38-22(26(51)52)16-24(47)48;;;;/h17-22,27-44H,1-16H2,(H,45,46)(H,47,48)(H,49,50)(H,51,52);;;;/q;4*+1/p-4. The molecule has 8 unspecified atom stereocenters. The van der Waals surface area contributed by atoms with Gasteiger partial charge in [0.25, 0.3) is 0 Å². The van der Waals surface area contributed by atoms with Crippen LogP contribution in [0.25, 0.3) is 0 Å². The average Bonchev–Trinajstić information content (AvgIpc) is 3.09. The number of rotatable bonds is 18. The predicted octanol–water partition coefficient (Wildman–Crippen LogP) is -19.7. The van der Waals surface area contributed by atoms with Crippen molar-refractivity contribution in [3.05, 3.63) is 0 Å². The summed E-state index contributed by atoms with van der Waals surface area (Å²) in [5.74, 6) is -6.07. The SMILES string of the molecule is O=C([O-])CC(NC1NC(NC2CCCCC2)NC(NC2CCC(NC3NC(NC4CCCCC4)NC(NC(CC(=O)[O-])C(=O)[O-])N3)CC2)N1)C(=O)[O-].[Li+].[Li+].[Li+].[Li+]. The molecule has 56 heavy (non-hydrogen) atoms. The van der Waals surface area contributed by atoms with E-state index in [4.69, 9.17) is 0 Å². The van der Waals surface area contributed by atoms with Crippen LogP contribution in [-0.2, 0) is 19.2 Å². The zero-order chi connectivity index (χ0) is 37.0. The molecule has 2 heterocycles. The number of carbonyl (C=O) groups excluding carboxylic acids is 4. The van der Waals surface area contributed by atoms with Crippen LogP contribution in [0.1, 0.15) is 103 Å². The van der Waals surface area contributed by atoms with Crippen LogP contribution in [0, 0.1) is 0 Å². The van der Waals surface area contributed by atoms with Crippen LogP contribution in [0.3, 0.4) is 0 Å². The molecule has 0 spiro atoms. The fraction of sp³-hybridized carbons (Fsp3) is 0.875. The van der Waals surface area contributed by atoms with Crippen LogP contribution in [0.15, 0.2) is 0 Å². The van der Waals surface area contributed by atoms with Crippen LogP contribution < -0.4 is 160 Å². The molecule has 5 aliphatic rings. The molecule has 5 rings (SSSR count). The maximum atomic E-state index is 11.7. The topological polar surface area (TPSA) is 305 Å². The first-order chi connectivity index (χ1) is 25.0. The molecule has 3 saturated carbocycles. The van der Waals surface area contributed by atoms with Gasteiger partial charge < -0.3 is 39.6 Å². The third kappa shape index (κ3) is 18.6. The summed E-state index contributed by atoms with van der Waals surface area (Å²) < 4.78 is 0. The summed E-state index contributed by atoms with van der Waals surface area (Å²) in [6.45, 7) is 0. The smallest absolute Gasteiger partial charge is 0.550 e. The van der Waals surface area contributed by atoms with Crippen molar-refractivity contribution in [2.75, 3.05) is 0 Å². The molecule has 0 radical (unpaired) electrons. The maximum Gasteiger partial charge on any atom is 1.00 e. The molecule has 2 aliphatic heterocycles. The largest absolute Gasteiger partial charge is 1.00 e. The van der Waals surface area contributed by atoms with E-state index in [0.717, 1.165) is 77.0 Å². The fourth-order valence-corrected chi connectivity index (χ4v) is 7.93. The van der Waals surface area contributed by atoms with E-state index in [-0.39, 0.29) is 112 Å². The van der Waals surface area contributed by atoms with Gasteiger partial charge >= 0.3 is 75.4 Å². The quantitative estimate of drug-likeness (QED) is 0.0577. The Balaban J connectivity index is 0.00000392. The average molecular weight is 765 g/mol. The Hall–Kier alpha value is -0.210. The molecule has 0 amide bonds. The van der Waals surface area contributed by atoms with E-state index in [9.17, 15) is 39.6 Å². The van der Waals surface area contributed by atoms with Gasteiger partial charge in [-0.05, 0) is 51.4 Å². The Morgan fingerprint density at radius 2 is 0.661 bits per heavy atom. The Labute approximate surface area is 377 Å². The predicted molar refractivity (Wildman–Crippen MR) is 177 cm³/mol. The van der Waals surface area contributed by atoms with Crippen molar-refractivity contribution in [1.29, 1.82) is 0 Å². The first-order valence-electron chi connectivity index (χ1n) is 18.9. The molecule has 0 bridgehead atoms. The van der Waals surface area contributed by atoms with E-state index < -0.39 is 74.0 Å². The van der Waals surface area contributed by atoms with Gasteiger partial charge in [0, 0.05) is 48.9 Å². The first kappa shape index (κ1) is 53.8. The van der Waals surface area contributed by atoms with Crippen molar-refractivity contribution in [3.63, 3.8) is 0 Å². The Bertz CT molecular complexity index is 1100. The van der Waals surface area contributed by atoms with Gasteiger partial charge in [-0.2, -0.15) is 0 Å². The van der Waals surface area contributed by atoms with Gasteiger partial charge in [-0.1, -0.05) is 38.5 Å². The number of nitrogens with one attached hydrogen (secondary N) is 12. The Morgan fingerprint density at radius 1 is 0.411 bits per heavy atom. The van der Waals surface area contributed by atoms with Gasteiger partial charge in [-0.15, -0.1) is 0 Å². The zero-order valence-corrected chi connectivity index (χ0v) is 33.5. The van der Waals surface area contributed by atoms with Crippen LogP contribution >= 0.6 is 0 Å². The van der Waals surface area contributed by atoms with Gasteiger partial charge in [0.15, 0.2) is 0 Å². The molecule has 12 N–H and O–H groups in total. The van der Waals surface area contributed by atoms with Gasteiger partial charge in [0.1, 0.15) is 37.7 Å². The molecule has 8 atom stereocenters. The summed E-state index contributed by atoms with van der Waals surface area (Å²) in [6, 6.07) is -2.15. The van der Waals surface area contributed by atoms with Crippen molar-refractivity contribution < 1.29 is 115 Å². The Morgan fingerprint density at radius 3 is 0.911 bits per heavy atom. The zero-order valence-electron chi connectivity index (χ0n) is 33.5. The van der Waals surface area contributed by atoms with Crippen molar-refractivity contribution in [1.82, 2.24) is 63.8 Å². The number of aliphatic carboxylic acids is 4. The second-order valence-corrected chi connectivity index (χ2v) is 14.7.